The number of hydrogen-bond acceptors (Lipinski definition) is 2. The third kappa shape index (κ3) is 4.28. The highest BCUT2D eigenvalue weighted by Gasteiger charge is 1.97. The maximum atomic E-state index is 10.4. The van der Waals surface area contributed by atoms with Gasteiger partial charge in [0.2, 0.25) is 0 Å². The van der Waals surface area contributed by atoms with Crippen molar-refractivity contribution in [2.45, 2.75) is 6.92 Å². The number of hydrogen-bond donors (Lipinski definition) is 4. The summed E-state index contributed by atoms with van der Waals surface area (Å²) in [6, 6.07) is 6.98. The molecule has 0 aliphatic carbocycles. The third-order valence-electron chi connectivity index (χ3n) is 1.58. The summed E-state index contributed by atoms with van der Waals surface area (Å²) >= 11 is 4.91. The molecule has 0 spiro atoms. The van der Waals surface area contributed by atoms with E-state index in [1.807, 2.05) is 31.2 Å². The van der Waals surface area contributed by atoms with Crippen LogP contribution < -0.4 is 21.9 Å². The number of benzene rings is 1. The molecule has 1 aromatic carbocycles. The first kappa shape index (κ1) is 11.3. The molecule has 80 valence electrons. The second-order valence-electron chi connectivity index (χ2n) is 2.94. The minimum absolute atomic E-state index is 0.277. The Morgan fingerprint density at radius 2 is 2.13 bits per heavy atom. The van der Waals surface area contributed by atoms with Gasteiger partial charge >= 0.3 is 6.03 Å². The zero-order chi connectivity index (χ0) is 11.3. The van der Waals surface area contributed by atoms with Crippen molar-refractivity contribution >= 4 is 29.0 Å². The number of aryl methyl sites for hydroxylation is 1. The smallest absolute Gasteiger partial charge is 0.330 e. The first-order valence-corrected chi connectivity index (χ1v) is 4.68. The summed E-state index contributed by atoms with van der Waals surface area (Å²) < 4.78 is 0. The van der Waals surface area contributed by atoms with Gasteiger partial charge in [-0.1, -0.05) is 12.1 Å². The van der Waals surface area contributed by atoms with Crippen LogP contribution in [0.4, 0.5) is 10.5 Å². The van der Waals surface area contributed by atoms with Crippen molar-refractivity contribution < 1.29 is 4.79 Å². The molecule has 0 radical (unpaired) electrons. The molecule has 5 nitrogen and oxygen atoms in total. The Hall–Kier alpha value is -1.82. The van der Waals surface area contributed by atoms with Crippen LogP contribution in [0.25, 0.3) is 0 Å². The number of thiocarbonyl (C=S) groups is 1. The van der Waals surface area contributed by atoms with Gasteiger partial charge in [0.15, 0.2) is 5.11 Å². The van der Waals surface area contributed by atoms with E-state index in [1.165, 1.54) is 0 Å². The highest BCUT2D eigenvalue weighted by atomic mass is 32.1. The van der Waals surface area contributed by atoms with Crippen LogP contribution in [0.3, 0.4) is 0 Å². The molecule has 0 aromatic heterocycles. The lowest BCUT2D eigenvalue weighted by atomic mass is 10.2. The molecule has 1 rings (SSSR count). The molecule has 0 heterocycles. The van der Waals surface area contributed by atoms with Crippen molar-refractivity contribution in [3.63, 3.8) is 0 Å². The van der Waals surface area contributed by atoms with E-state index < -0.39 is 6.03 Å². The van der Waals surface area contributed by atoms with Crippen molar-refractivity contribution in [1.82, 2.24) is 10.9 Å². The molecule has 0 fully saturated rings. The molecule has 6 heteroatoms. The van der Waals surface area contributed by atoms with Crippen LogP contribution in [-0.2, 0) is 0 Å². The Balaban J connectivity index is 2.48. The summed E-state index contributed by atoms with van der Waals surface area (Å²) in [5.41, 5.74) is 11.4. The van der Waals surface area contributed by atoms with E-state index in [0.717, 1.165) is 11.3 Å². The molecule has 0 saturated carbocycles. The summed E-state index contributed by atoms with van der Waals surface area (Å²) in [5.74, 6) is 0. The van der Waals surface area contributed by atoms with Gasteiger partial charge in [0.25, 0.3) is 0 Å². The number of nitrogens with two attached hydrogens (primary N) is 1. The van der Waals surface area contributed by atoms with Gasteiger partial charge < -0.3 is 11.1 Å². The van der Waals surface area contributed by atoms with E-state index in [4.69, 9.17) is 18.0 Å². The number of amides is 2. The number of carbonyl (C=O) groups excluding carboxylic acids is 1. The van der Waals surface area contributed by atoms with Gasteiger partial charge in [0.1, 0.15) is 0 Å². The van der Waals surface area contributed by atoms with Crippen molar-refractivity contribution in [2.75, 3.05) is 5.32 Å². The lowest BCUT2D eigenvalue weighted by molar-refractivity contribution is 0.247. The average molecular weight is 224 g/mol. The van der Waals surface area contributed by atoms with Crippen LogP contribution in [0, 0.1) is 6.92 Å². The summed E-state index contributed by atoms with van der Waals surface area (Å²) in [7, 11) is 0. The van der Waals surface area contributed by atoms with Crippen LogP contribution in [0.5, 0.6) is 0 Å². The maximum absolute atomic E-state index is 10.4. The fourth-order valence-corrected chi connectivity index (χ4v) is 1.17. The fourth-order valence-electron chi connectivity index (χ4n) is 1.00. The zero-order valence-corrected chi connectivity index (χ0v) is 9.02. The molecular weight excluding hydrogens is 212 g/mol. The van der Waals surface area contributed by atoms with Crippen molar-refractivity contribution in [3.8, 4) is 0 Å². The van der Waals surface area contributed by atoms with Crippen molar-refractivity contribution in [3.05, 3.63) is 29.8 Å². The fraction of sp³-hybridized carbons (Fsp3) is 0.111. The molecule has 2 amide bonds. The minimum Gasteiger partial charge on any atom is -0.350 e. The molecule has 0 bridgehead atoms. The Bertz CT molecular complexity index is 380. The molecular formula is C9H12N4OS. The van der Waals surface area contributed by atoms with Gasteiger partial charge in [-0.15, -0.1) is 0 Å². The van der Waals surface area contributed by atoms with Crippen molar-refractivity contribution in [1.29, 1.82) is 0 Å². The van der Waals surface area contributed by atoms with Gasteiger partial charge in [-0.3, -0.25) is 5.43 Å². The van der Waals surface area contributed by atoms with Crippen LogP contribution in [0.1, 0.15) is 5.56 Å². The largest absolute Gasteiger partial charge is 0.350 e. The number of hydrazine groups is 1. The molecule has 0 atom stereocenters. The molecule has 5 N–H and O–H groups in total. The summed E-state index contributed by atoms with van der Waals surface area (Å²) in [4.78, 5) is 10.4. The Morgan fingerprint density at radius 3 is 2.73 bits per heavy atom. The standard InChI is InChI=1S/C9H12N4OS/c1-6-3-2-4-7(5-6)11-9(15)13-12-8(10)14/h2-5H,1H3,(H3,10,12,14)(H2,11,13,15). The first-order valence-electron chi connectivity index (χ1n) is 4.27. The number of carbonyl (C=O) groups is 1. The van der Waals surface area contributed by atoms with Crippen LogP contribution in [-0.4, -0.2) is 11.1 Å². The summed E-state index contributed by atoms with van der Waals surface area (Å²) in [5, 5.41) is 3.17. The first-order chi connectivity index (χ1) is 7.08. The minimum atomic E-state index is -0.691. The monoisotopic (exact) mass is 224 g/mol. The Labute approximate surface area is 93.0 Å². The van der Waals surface area contributed by atoms with Gasteiger partial charge in [-0.25, -0.2) is 10.2 Å². The lowest BCUT2D eigenvalue weighted by Gasteiger charge is -2.10. The highest BCUT2D eigenvalue weighted by molar-refractivity contribution is 7.80. The normalized spacial score (nSPS) is 9.13. The van der Waals surface area contributed by atoms with Crippen LogP contribution in [0.15, 0.2) is 24.3 Å². The second kappa shape index (κ2) is 5.16. The van der Waals surface area contributed by atoms with E-state index in [-0.39, 0.29) is 5.11 Å². The maximum Gasteiger partial charge on any atom is 0.330 e. The number of nitrogens with one attached hydrogen (secondary N) is 3. The molecule has 0 saturated heterocycles. The van der Waals surface area contributed by atoms with E-state index >= 15 is 0 Å². The average Bonchev–Trinajstić information content (AvgIpc) is 2.15. The number of rotatable bonds is 1. The van der Waals surface area contributed by atoms with Crippen LogP contribution in [0.2, 0.25) is 0 Å². The van der Waals surface area contributed by atoms with Gasteiger partial charge in [-0.05, 0) is 36.8 Å². The summed E-state index contributed by atoms with van der Waals surface area (Å²) in [6.45, 7) is 1.98. The number of anilines is 1. The van der Waals surface area contributed by atoms with E-state index in [0.29, 0.717) is 0 Å². The molecule has 0 aliphatic rings. The van der Waals surface area contributed by atoms with E-state index in [1.54, 1.807) is 0 Å². The Kier molecular flexibility index (Phi) is 3.87. The van der Waals surface area contributed by atoms with Gasteiger partial charge in [-0.2, -0.15) is 0 Å². The summed E-state index contributed by atoms with van der Waals surface area (Å²) in [6.07, 6.45) is 0. The molecule has 0 aliphatic heterocycles. The predicted molar refractivity (Wildman–Crippen MR) is 63.3 cm³/mol. The van der Waals surface area contributed by atoms with Crippen molar-refractivity contribution in [2.24, 2.45) is 5.73 Å². The topological polar surface area (TPSA) is 79.2 Å². The molecule has 1 aromatic rings. The Morgan fingerprint density at radius 1 is 1.40 bits per heavy atom. The second-order valence-corrected chi connectivity index (χ2v) is 3.35. The molecule has 15 heavy (non-hydrogen) atoms. The SMILES string of the molecule is Cc1cccc(NC(=S)NNC(N)=O)c1. The van der Waals surface area contributed by atoms with E-state index in [2.05, 4.69) is 16.2 Å². The van der Waals surface area contributed by atoms with Gasteiger partial charge in [0.05, 0.1) is 0 Å². The number of urea groups is 1. The zero-order valence-electron chi connectivity index (χ0n) is 8.20. The third-order valence-corrected chi connectivity index (χ3v) is 1.78. The molecule has 0 unspecified atom stereocenters. The quantitative estimate of drug-likeness (QED) is 0.421. The lowest BCUT2D eigenvalue weighted by Crippen LogP contribution is -2.46. The number of primary amides is 1. The van der Waals surface area contributed by atoms with Gasteiger partial charge in [0, 0.05) is 5.69 Å². The predicted octanol–water partition coefficient (Wildman–Crippen LogP) is 0.865. The van der Waals surface area contributed by atoms with E-state index in [9.17, 15) is 4.79 Å². The highest BCUT2D eigenvalue weighted by Crippen LogP contribution is 2.08. The van der Waals surface area contributed by atoms with Crippen LogP contribution >= 0.6 is 12.2 Å².